The van der Waals surface area contributed by atoms with Crippen LogP contribution in [0.5, 0.6) is 0 Å². The Labute approximate surface area is 100 Å². The third kappa shape index (κ3) is 2.15. The summed E-state index contributed by atoms with van der Waals surface area (Å²) < 4.78 is 18.2. The van der Waals surface area contributed by atoms with Gasteiger partial charge >= 0.3 is 11.7 Å². The Kier molecular flexibility index (Phi) is 2.97. The molecule has 0 aliphatic carbocycles. The molecular formula is C11H9FN2O4. The second-order valence-electron chi connectivity index (χ2n) is 3.64. The lowest BCUT2D eigenvalue weighted by Crippen LogP contribution is -2.26. The fourth-order valence-corrected chi connectivity index (χ4v) is 1.53. The maximum absolute atomic E-state index is 13.4. The van der Waals surface area contributed by atoms with Crippen molar-refractivity contribution >= 4 is 17.0 Å². The van der Waals surface area contributed by atoms with E-state index >= 15 is 0 Å². The molecule has 1 aromatic carbocycles. The molecule has 6 nitrogen and oxygen atoms in total. The van der Waals surface area contributed by atoms with Gasteiger partial charge in [-0.05, 0) is 19.1 Å². The van der Waals surface area contributed by atoms with E-state index < -0.39 is 23.6 Å². The second-order valence-corrected chi connectivity index (χ2v) is 3.64. The molecule has 2 aromatic rings. The van der Waals surface area contributed by atoms with Gasteiger partial charge in [0, 0.05) is 0 Å². The summed E-state index contributed by atoms with van der Waals surface area (Å²) in [5.74, 6) is -0.834. The normalized spacial score (nSPS) is 12.3. The molecule has 7 heteroatoms. The number of aromatic nitrogens is 1. The van der Waals surface area contributed by atoms with Crippen molar-refractivity contribution < 1.29 is 18.7 Å². The molecule has 1 unspecified atom stereocenters. The van der Waals surface area contributed by atoms with Crippen LogP contribution in [0.25, 0.3) is 10.9 Å². The molecule has 0 radical (unpaired) electrons. The first-order valence-electron chi connectivity index (χ1n) is 5.08. The molecule has 2 rings (SSSR count). The van der Waals surface area contributed by atoms with Crippen LogP contribution in [0.1, 0.15) is 18.9 Å². The van der Waals surface area contributed by atoms with Crippen LogP contribution in [0.15, 0.2) is 27.4 Å². The molecule has 0 aliphatic rings. The third-order valence-electron chi connectivity index (χ3n) is 2.33. The molecule has 0 aliphatic heterocycles. The summed E-state index contributed by atoms with van der Waals surface area (Å²) in [7, 11) is 0. The Morgan fingerprint density at radius 2 is 2.28 bits per heavy atom. The Morgan fingerprint density at radius 1 is 1.56 bits per heavy atom. The number of rotatable bonds is 2. The van der Waals surface area contributed by atoms with Crippen molar-refractivity contribution in [3.05, 3.63) is 40.3 Å². The fraction of sp³-hybridized carbons (Fsp3) is 0.182. The number of fused-ring (bicyclic) bond motifs is 1. The van der Waals surface area contributed by atoms with E-state index in [0.717, 1.165) is 6.07 Å². The van der Waals surface area contributed by atoms with E-state index in [4.69, 9.17) is 9.52 Å². The van der Waals surface area contributed by atoms with E-state index in [-0.39, 0.29) is 16.8 Å². The largest absolute Gasteiger partial charge is 0.465 e. The topological polar surface area (TPSA) is 92.4 Å². The van der Waals surface area contributed by atoms with Crippen LogP contribution in [-0.4, -0.2) is 16.2 Å². The predicted octanol–water partition coefficient (Wildman–Crippen LogP) is 1.66. The highest BCUT2D eigenvalue weighted by atomic mass is 19.1. The van der Waals surface area contributed by atoms with Crippen molar-refractivity contribution in [1.29, 1.82) is 0 Å². The van der Waals surface area contributed by atoms with Gasteiger partial charge < -0.3 is 14.8 Å². The Morgan fingerprint density at radius 3 is 2.94 bits per heavy atom. The number of carboxylic acid groups (broad SMARTS) is 1. The minimum atomic E-state index is -1.27. The standard InChI is InChI=1S/C11H9FN2O4/c1-5(13-11(16)17)9-14-7-4-2-3-6(12)8(7)10(15)18-9/h2-5,13H,1H3,(H,16,17). The number of amides is 1. The van der Waals surface area contributed by atoms with E-state index in [2.05, 4.69) is 10.3 Å². The lowest BCUT2D eigenvalue weighted by atomic mass is 10.2. The summed E-state index contributed by atoms with van der Waals surface area (Å²) >= 11 is 0. The number of carbonyl (C=O) groups is 1. The maximum Gasteiger partial charge on any atom is 0.405 e. The second kappa shape index (κ2) is 4.44. The molecule has 18 heavy (non-hydrogen) atoms. The summed E-state index contributed by atoms with van der Waals surface area (Å²) in [5.41, 5.74) is -0.757. The number of hydrogen-bond acceptors (Lipinski definition) is 4. The first-order chi connectivity index (χ1) is 8.49. The average molecular weight is 252 g/mol. The zero-order valence-electron chi connectivity index (χ0n) is 9.31. The Hall–Kier alpha value is -2.44. The lowest BCUT2D eigenvalue weighted by molar-refractivity contribution is 0.188. The number of hydrogen-bond donors (Lipinski definition) is 2. The van der Waals surface area contributed by atoms with Gasteiger partial charge in [0.1, 0.15) is 17.2 Å². The lowest BCUT2D eigenvalue weighted by Gasteiger charge is -2.09. The number of nitrogens with zero attached hydrogens (tertiary/aromatic N) is 1. The first-order valence-corrected chi connectivity index (χ1v) is 5.08. The highest BCUT2D eigenvalue weighted by molar-refractivity contribution is 5.77. The number of nitrogens with one attached hydrogen (secondary N) is 1. The van der Waals surface area contributed by atoms with Gasteiger partial charge in [0.25, 0.3) is 0 Å². The van der Waals surface area contributed by atoms with E-state index in [1.165, 1.54) is 19.1 Å². The SMILES string of the molecule is CC(NC(=O)O)c1nc2cccc(F)c2c(=O)o1. The van der Waals surface area contributed by atoms with Crippen molar-refractivity contribution in [2.24, 2.45) is 0 Å². The molecule has 0 bridgehead atoms. The first kappa shape index (κ1) is 12.0. The Bertz CT molecular complexity index is 668. The van der Waals surface area contributed by atoms with E-state index in [1.54, 1.807) is 0 Å². The summed E-state index contributed by atoms with van der Waals surface area (Å²) in [6.45, 7) is 1.46. The minimum absolute atomic E-state index is 0.111. The van der Waals surface area contributed by atoms with Crippen LogP contribution in [0.2, 0.25) is 0 Å². The smallest absolute Gasteiger partial charge is 0.405 e. The van der Waals surface area contributed by atoms with Crippen LogP contribution in [0.3, 0.4) is 0 Å². The molecule has 1 heterocycles. The van der Waals surface area contributed by atoms with Gasteiger partial charge in [-0.15, -0.1) is 0 Å². The van der Waals surface area contributed by atoms with Crippen molar-refractivity contribution in [1.82, 2.24) is 10.3 Å². The van der Waals surface area contributed by atoms with Crippen LogP contribution in [0, 0.1) is 5.82 Å². The van der Waals surface area contributed by atoms with E-state index in [1.807, 2.05) is 0 Å². The molecular weight excluding hydrogens is 243 g/mol. The minimum Gasteiger partial charge on any atom is -0.465 e. The van der Waals surface area contributed by atoms with Crippen LogP contribution < -0.4 is 10.9 Å². The van der Waals surface area contributed by atoms with Gasteiger partial charge in [-0.1, -0.05) is 6.07 Å². The molecule has 0 saturated heterocycles. The van der Waals surface area contributed by atoms with Crippen LogP contribution >= 0.6 is 0 Å². The summed E-state index contributed by atoms with van der Waals surface area (Å²) in [4.78, 5) is 26.0. The molecule has 0 spiro atoms. The molecule has 0 saturated carbocycles. The van der Waals surface area contributed by atoms with Crippen molar-refractivity contribution in [3.63, 3.8) is 0 Å². The van der Waals surface area contributed by atoms with Crippen LogP contribution in [0.4, 0.5) is 9.18 Å². The molecule has 1 amide bonds. The number of benzene rings is 1. The molecule has 1 aromatic heterocycles. The quantitative estimate of drug-likeness (QED) is 0.847. The fourth-order valence-electron chi connectivity index (χ4n) is 1.53. The third-order valence-corrected chi connectivity index (χ3v) is 2.33. The Balaban J connectivity index is 2.56. The van der Waals surface area contributed by atoms with Gasteiger partial charge in [-0.3, -0.25) is 0 Å². The maximum atomic E-state index is 13.4. The summed E-state index contributed by atoms with van der Waals surface area (Å²) in [6.07, 6.45) is -1.27. The number of halogens is 1. The van der Waals surface area contributed by atoms with Crippen molar-refractivity contribution in [2.45, 2.75) is 13.0 Å². The summed E-state index contributed by atoms with van der Waals surface area (Å²) in [6, 6.07) is 3.18. The average Bonchev–Trinajstić information content (AvgIpc) is 2.27. The van der Waals surface area contributed by atoms with Crippen molar-refractivity contribution in [2.75, 3.05) is 0 Å². The zero-order valence-corrected chi connectivity index (χ0v) is 9.31. The van der Waals surface area contributed by atoms with Gasteiger partial charge in [0.15, 0.2) is 0 Å². The highest BCUT2D eigenvalue weighted by Crippen LogP contribution is 2.15. The predicted molar refractivity (Wildman–Crippen MR) is 59.8 cm³/mol. The van der Waals surface area contributed by atoms with Gasteiger partial charge in [-0.2, -0.15) is 0 Å². The monoisotopic (exact) mass is 252 g/mol. The van der Waals surface area contributed by atoms with E-state index in [9.17, 15) is 14.0 Å². The van der Waals surface area contributed by atoms with Crippen LogP contribution in [-0.2, 0) is 0 Å². The molecule has 0 fully saturated rings. The zero-order chi connectivity index (χ0) is 13.3. The molecule has 94 valence electrons. The summed E-state index contributed by atoms with van der Waals surface area (Å²) in [5, 5.41) is 10.4. The molecule has 2 N–H and O–H groups in total. The van der Waals surface area contributed by atoms with E-state index in [0.29, 0.717) is 0 Å². The van der Waals surface area contributed by atoms with Crippen molar-refractivity contribution in [3.8, 4) is 0 Å². The highest BCUT2D eigenvalue weighted by Gasteiger charge is 2.16. The van der Waals surface area contributed by atoms with Gasteiger partial charge in [0.2, 0.25) is 5.89 Å². The molecule has 1 atom stereocenters. The van der Waals surface area contributed by atoms with Gasteiger partial charge in [0.05, 0.1) is 5.52 Å². The van der Waals surface area contributed by atoms with Gasteiger partial charge in [-0.25, -0.2) is 19.0 Å².